The minimum absolute atomic E-state index is 0.220. The Morgan fingerprint density at radius 2 is 1.93 bits per heavy atom. The second kappa shape index (κ2) is 4.65. The zero-order chi connectivity index (χ0) is 11.5. The number of alkyl halides is 3. The van der Waals surface area contributed by atoms with Crippen LogP contribution in [0, 0.1) is 0 Å². The first-order valence-corrected chi connectivity index (χ1v) is 4.03. The van der Waals surface area contributed by atoms with Crippen LogP contribution >= 0.6 is 0 Å². The molecular weight excluding hydrogens is 212 g/mol. The van der Waals surface area contributed by atoms with Crippen molar-refractivity contribution in [2.75, 3.05) is 0 Å². The van der Waals surface area contributed by atoms with E-state index in [1.54, 1.807) is 0 Å². The third-order valence-corrected chi connectivity index (χ3v) is 1.65. The molecule has 1 aromatic rings. The average molecular weight is 220 g/mol. The maximum absolute atomic E-state index is 12.2. The highest BCUT2D eigenvalue weighted by atomic mass is 19.4. The monoisotopic (exact) mass is 220 g/mol. The van der Waals surface area contributed by atoms with Crippen LogP contribution in [0.4, 0.5) is 13.2 Å². The van der Waals surface area contributed by atoms with E-state index in [9.17, 15) is 13.2 Å². The van der Waals surface area contributed by atoms with Gasteiger partial charge in [-0.05, 0) is 17.7 Å². The van der Waals surface area contributed by atoms with E-state index in [1.165, 1.54) is 12.1 Å². The fourth-order valence-electron chi connectivity index (χ4n) is 1.01. The van der Waals surface area contributed by atoms with Gasteiger partial charge in [-0.3, -0.25) is 0 Å². The number of benzene rings is 1. The third-order valence-electron chi connectivity index (χ3n) is 1.65. The Bertz CT molecular complexity index is 327. The molecule has 0 bridgehead atoms. The molecule has 1 rings (SSSR count). The van der Waals surface area contributed by atoms with Crippen LogP contribution in [0.1, 0.15) is 11.1 Å². The Hall–Kier alpha value is -1.05. The molecule has 0 heterocycles. The molecule has 0 amide bonds. The molecule has 1 aromatic carbocycles. The lowest BCUT2D eigenvalue weighted by Gasteiger charge is -2.08. The molecule has 3 nitrogen and oxygen atoms in total. The zero-order valence-corrected chi connectivity index (χ0v) is 7.53. The first kappa shape index (κ1) is 12.0. The molecule has 0 aliphatic rings. The minimum Gasteiger partial charge on any atom is -0.402 e. The molecule has 0 unspecified atom stereocenters. The summed E-state index contributed by atoms with van der Waals surface area (Å²) in [5.74, 6) is 0. The normalized spacial score (nSPS) is 11.5. The molecule has 0 radical (unpaired) electrons. The molecule has 2 N–H and O–H groups in total. The first-order valence-electron chi connectivity index (χ1n) is 4.03. The van der Waals surface area contributed by atoms with Crippen molar-refractivity contribution in [1.82, 2.24) is 0 Å². The number of halogens is 3. The lowest BCUT2D eigenvalue weighted by molar-refractivity contribution is -0.137. The van der Waals surface area contributed by atoms with E-state index >= 15 is 0 Å². The number of rotatable bonds is 3. The molecule has 0 aliphatic carbocycles. The van der Waals surface area contributed by atoms with Gasteiger partial charge >= 0.3 is 13.5 Å². The molecule has 82 valence electrons. The molecule has 0 saturated heterocycles. The topological polar surface area (TPSA) is 49.7 Å². The summed E-state index contributed by atoms with van der Waals surface area (Å²) >= 11 is 0. The summed E-state index contributed by atoms with van der Waals surface area (Å²) in [7, 11) is -1.99. The molecule has 0 saturated carbocycles. The summed E-state index contributed by atoms with van der Waals surface area (Å²) in [6, 6.07) is 4.45. The Balaban J connectivity index is 2.75. The van der Waals surface area contributed by atoms with Crippen molar-refractivity contribution in [2.24, 2.45) is 0 Å². The van der Waals surface area contributed by atoms with E-state index in [1.807, 2.05) is 0 Å². The second-order valence-electron chi connectivity index (χ2n) is 2.84. The van der Waals surface area contributed by atoms with Crippen LogP contribution < -0.4 is 0 Å². The highest BCUT2D eigenvalue weighted by Gasteiger charge is 2.30. The minimum atomic E-state index is -4.41. The van der Waals surface area contributed by atoms with Gasteiger partial charge in [-0.2, -0.15) is 13.2 Å². The van der Waals surface area contributed by atoms with E-state index in [4.69, 9.17) is 10.0 Å². The van der Waals surface area contributed by atoms with Gasteiger partial charge in [-0.1, -0.05) is 12.1 Å². The van der Waals surface area contributed by atoms with Gasteiger partial charge in [-0.25, -0.2) is 0 Å². The van der Waals surface area contributed by atoms with Crippen LogP contribution in [0.2, 0.25) is 0 Å². The van der Waals surface area contributed by atoms with Crippen molar-refractivity contribution in [3.05, 3.63) is 35.4 Å². The molecule has 0 fully saturated rings. The lowest BCUT2D eigenvalue weighted by atomic mass is 10.1. The molecule has 15 heavy (non-hydrogen) atoms. The lowest BCUT2D eigenvalue weighted by Crippen LogP contribution is -2.16. The second-order valence-corrected chi connectivity index (χ2v) is 2.84. The van der Waals surface area contributed by atoms with Gasteiger partial charge in [0.05, 0.1) is 12.2 Å². The van der Waals surface area contributed by atoms with Crippen LogP contribution in [-0.4, -0.2) is 17.4 Å². The standard InChI is InChI=1S/C8H8BF3O3/c10-8(11,12)7-3-1-2-6(4-7)5-15-9(13)14/h1-4,13-14H,5H2. The van der Waals surface area contributed by atoms with Gasteiger partial charge in [-0.15, -0.1) is 0 Å². The Labute approximate surface area is 84.3 Å². The predicted molar refractivity (Wildman–Crippen MR) is 46.4 cm³/mol. The first-order chi connectivity index (χ1) is 6.89. The van der Waals surface area contributed by atoms with Gasteiger partial charge in [0, 0.05) is 0 Å². The molecule has 0 aliphatic heterocycles. The maximum Gasteiger partial charge on any atom is 0.634 e. The van der Waals surface area contributed by atoms with Gasteiger partial charge in [0.25, 0.3) is 0 Å². The third kappa shape index (κ3) is 3.90. The average Bonchev–Trinajstić information content (AvgIpc) is 2.14. The number of hydrogen-bond donors (Lipinski definition) is 2. The highest BCUT2D eigenvalue weighted by Crippen LogP contribution is 2.29. The zero-order valence-electron chi connectivity index (χ0n) is 7.53. The summed E-state index contributed by atoms with van der Waals surface area (Å²) in [6.45, 7) is -0.290. The summed E-state index contributed by atoms with van der Waals surface area (Å²) in [4.78, 5) is 0. The number of hydrogen-bond acceptors (Lipinski definition) is 3. The summed E-state index contributed by atoms with van der Waals surface area (Å²) < 4.78 is 41.0. The smallest absolute Gasteiger partial charge is 0.402 e. The van der Waals surface area contributed by atoms with E-state index in [0.29, 0.717) is 0 Å². The molecule has 7 heteroatoms. The van der Waals surface area contributed by atoms with Crippen molar-refractivity contribution < 1.29 is 27.9 Å². The Morgan fingerprint density at radius 1 is 1.27 bits per heavy atom. The van der Waals surface area contributed by atoms with Gasteiger partial charge in [0.1, 0.15) is 0 Å². The van der Waals surface area contributed by atoms with Crippen LogP contribution in [0.25, 0.3) is 0 Å². The summed E-state index contributed by atoms with van der Waals surface area (Å²) in [5, 5.41) is 16.7. The molecule has 0 atom stereocenters. The fourth-order valence-corrected chi connectivity index (χ4v) is 1.01. The van der Waals surface area contributed by atoms with E-state index in [2.05, 4.69) is 4.65 Å². The van der Waals surface area contributed by atoms with Gasteiger partial charge in [0.15, 0.2) is 0 Å². The van der Waals surface area contributed by atoms with Crippen LogP contribution in [0.3, 0.4) is 0 Å². The molecule has 0 aromatic heterocycles. The Morgan fingerprint density at radius 3 is 2.47 bits per heavy atom. The Kier molecular flexibility index (Phi) is 3.73. The largest absolute Gasteiger partial charge is 0.634 e. The summed E-state index contributed by atoms with van der Waals surface area (Å²) in [5.41, 5.74) is -0.575. The van der Waals surface area contributed by atoms with Crippen LogP contribution in [0.15, 0.2) is 24.3 Å². The SMILES string of the molecule is OB(O)OCc1cccc(C(F)(F)F)c1. The van der Waals surface area contributed by atoms with Crippen molar-refractivity contribution in [3.8, 4) is 0 Å². The highest BCUT2D eigenvalue weighted by molar-refractivity contribution is 6.32. The van der Waals surface area contributed by atoms with Crippen molar-refractivity contribution >= 4 is 7.32 Å². The van der Waals surface area contributed by atoms with Crippen LogP contribution in [0.5, 0.6) is 0 Å². The van der Waals surface area contributed by atoms with Crippen molar-refractivity contribution in [1.29, 1.82) is 0 Å². The van der Waals surface area contributed by atoms with E-state index in [0.717, 1.165) is 12.1 Å². The quantitative estimate of drug-likeness (QED) is 0.752. The van der Waals surface area contributed by atoms with E-state index < -0.39 is 19.1 Å². The fraction of sp³-hybridized carbons (Fsp3) is 0.250. The van der Waals surface area contributed by atoms with Gasteiger partial charge < -0.3 is 14.7 Å². The molecular formula is C8H8BF3O3. The summed E-state index contributed by atoms with van der Waals surface area (Å²) in [6.07, 6.45) is -4.41. The van der Waals surface area contributed by atoms with E-state index in [-0.39, 0.29) is 12.2 Å². The van der Waals surface area contributed by atoms with Crippen molar-refractivity contribution in [2.45, 2.75) is 12.8 Å². The maximum atomic E-state index is 12.2. The predicted octanol–water partition coefficient (Wildman–Crippen LogP) is 1.19. The molecule has 0 spiro atoms. The van der Waals surface area contributed by atoms with Crippen LogP contribution in [-0.2, 0) is 17.4 Å². The van der Waals surface area contributed by atoms with Crippen molar-refractivity contribution in [3.63, 3.8) is 0 Å². The van der Waals surface area contributed by atoms with Gasteiger partial charge in [0.2, 0.25) is 0 Å².